The Bertz CT molecular complexity index is 1560. The number of hydrogen-bond donors (Lipinski definition) is 0. The highest BCUT2D eigenvalue weighted by atomic mass is 32.2. The lowest BCUT2D eigenvalue weighted by Gasteiger charge is -2.40. The number of halogens is 2. The van der Waals surface area contributed by atoms with E-state index in [4.69, 9.17) is 5.26 Å². The second-order valence-corrected chi connectivity index (χ2v) is 11.5. The summed E-state index contributed by atoms with van der Waals surface area (Å²) >= 11 is 0. The summed E-state index contributed by atoms with van der Waals surface area (Å²) in [5.74, 6) is -4.45. The highest BCUT2D eigenvalue weighted by Gasteiger charge is 2.46. The van der Waals surface area contributed by atoms with E-state index in [2.05, 4.69) is 4.98 Å². The standard InChI is InChI=1S/C27H25F2N5O4S/c28-22-14-21(13-18(15-30)25(22)29)39(37,38)33-12-11-24(33)27(36)34(20-9-5-2-6-10-20)26(35)23-16-32(17-31-23)19-7-3-1-4-8-19/h2,5-6,9-10,13-14,16-17,19,24H,1,3-4,7-8,11-12H2/t24-/m1/s1. The summed E-state index contributed by atoms with van der Waals surface area (Å²) < 4.78 is 57.2. The highest BCUT2D eigenvalue weighted by Crippen LogP contribution is 2.32. The quantitative estimate of drug-likeness (QED) is 0.423. The largest absolute Gasteiger partial charge is 0.334 e. The van der Waals surface area contributed by atoms with Crippen molar-refractivity contribution in [2.45, 2.75) is 55.5 Å². The van der Waals surface area contributed by atoms with Crippen LogP contribution in [-0.2, 0) is 14.8 Å². The molecule has 39 heavy (non-hydrogen) atoms. The van der Waals surface area contributed by atoms with E-state index in [-0.39, 0.29) is 30.4 Å². The zero-order valence-corrected chi connectivity index (χ0v) is 21.7. The molecular formula is C27H25F2N5O4S. The van der Waals surface area contributed by atoms with Crippen molar-refractivity contribution in [3.05, 3.63) is 77.9 Å². The maximum absolute atomic E-state index is 14.0. The van der Waals surface area contributed by atoms with Crippen molar-refractivity contribution >= 4 is 27.5 Å². The molecule has 9 nitrogen and oxygen atoms in total. The zero-order chi connectivity index (χ0) is 27.7. The SMILES string of the molecule is N#Cc1cc(S(=O)(=O)N2CC[C@@H]2C(=O)N(C(=O)c2cn(C3CCCCC3)cn2)c2ccccc2)cc(F)c1F. The molecule has 5 rings (SSSR count). The molecule has 2 heterocycles. The molecule has 1 atom stereocenters. The molecular weight excluding hydrogens is 528 g/mol. The van der Waals surface area contributed by atoms with E-state index >= 15 is 0 Å². The zero-order valence-electron chi connectivity index (χ0n) is 20.8. The molecule has 202 valence electrons. The van der Waals surface area contributed by atoms with Crippen LogP contribution in [0.1, 0.15) is 60.6 Å². The average molecular weight is 554 g/mol. The minimum Gasteiger partial charge on any atom is -0.334 e. The van der Waals surface area contributed by atoms with Crippen LogP contribution in [0.4, 0.5) is 14.5 Å². The van der Waals surface area contributed by atoms with Gasteiger partial charge in [-0.05, 0) is 43.5 Å². The Morgan fingerprint density at radius 3 is 2.41 bits per heavy atom. The van der Waals surface area contributed by atoms with Gasteiger partial charge in [0.2, 0.25) is 10.0 Å². The number of carbonyl (C=O) groups excluding carboxylic acids is 2. The normalized spacial score (nSPS) is 18.2. The van der Waals surface area contributed by atoms with Gasteiger partial charge in [-0.3, -0.25) is 9.59 Å². The van der Waals surface area contributed by atoms with Gasteiger partial charge in [0.05, 0.1) is 22.5 Å². The van der Waals surface area contributed by atoms with E-state index in [0.717, 1.165) is 47.4 Å². The summed E-state index contributed by atoms with van der Waals surface area (Å²) in [5, 5.41) is 9.07. The van der Waals surface area contributed by atoms with Gasteiger partial charge in [0.1, 0.15) is 17.8 Å². The Morgan fingerprint density at radius 1 is 1.05 bits per heavy atom. The number of amides is 2. The fraction of sp³-hybridized carbons (Fsp3) is 0.333. The summed E-state index contributed by atoms with van der Waals surface area (Å²) in [7, 11) is -4.49. The van der Waals surface area contributed by atoms with Crippen molar-refractivity contribution in [1.29, 1.82) is 5.26 Å². The summed E-state index contributed by atoms with van der Waals surface area (Å²) in [6.45, 7) is -0.0766. The van der Waals surface area contributed by atoms with Gasteiger partial charge in [-0.25, -0.2) is 27.1 Å². The van der Waals surface area contributed by atoms with E-state index in [1.165, 1.54) is 6.07 Å². The van der Waals surface area contributed by atoms with E-state index in [1.54, 1.807) is 42.9 Å². The molecule has 0 unspecified atom stereocenters. The Balaban J connectivity index is 1.45. The third-order valence-electron chi connectivity index (χ3n) is 7.24. The number of rotatable bonds is 6. The minimum absolute atomic E-state index is 0.0470. The Morgan fingerprint density at radius 2 is 1.77 bits per heavy atom. The lowest BCUT2D eigenvalue weighted by molar-refractivity contribution is -0.124. The van der Waals surface area contributed by atoms with Crippen LogP contribution in [0, 0.1) is 23.0 Å². The monoisotopic (exact) mass is 553 g/mol. The van der Waals surface area contributed by atoms with Crippen LogP contribution in [0.5, 0.6) is 0 Å². The first kappa shape index (κ1) is 26.6. The number of nitrogens with zero attached hydrogens (tertiary/aromatic N) is 5. The molecule has 12 heteroatoms. The van der Waals surface area contributed by atoms with E-state index < -0.39 is 50.0 Å². The van der Waals surface area contributed by atoms with Crippen molar-refractivity contribution in [2.24, 2.45) is 0 Å². The second-order valence-electron chi connectivity index (χ2n) is 9.61. The number of benzene rings is 2. The lowest BCUT2D eigenvalue weighted by Crippen LogP contribution is -2.60. The van der Waals surface area contributed by atoms with Gasteiger partial charge in [-0.15, -0.1) is 0 Å². The molecule has 0 bridgehead atoms. The molecule has 0 radical (unpaired) electrons. The van der Waals surface area contributed by atoms with Gasteiger partial charge in [-0.2, -0.15) is 9.57 Å². The van der Waals surface area contributed by atoms with Crippen LogP contribution >= 0.6 is 0 Å². The highest BCUT2D eigenvalue weighted by molar-refractivity contribution is 7.89. The van der Waals surface area contributed by atoms with Crippen LogP contribution in [0.15, 0.2) is 59.9 Å². The van der Waals surface area contributed by atoms with Crippen molar-refractivity contribution < 1.29 is 26.8 Å². The smallest absolute Gasteiger partial charge is 0.285 e. The third-order valence-corrected chi connectivity index (χ3v) is 9.13. The van der Waals surface area contributed by atoms with Gasteiger partial charge in [0.15, 0.2) is 11.6 Å². The van der Waals surface area contributed by atoms with Crippen molar-refractivity contribution in [3.63, 3.8) is 0 Å². The number of carbonyl (C=O) groups is 2. The Labute approximate surface area is 224 Å². The average Bonchev–Trinajstić information content (AvgIpc) is 3.41. The molecule has 3 aromatic rings. The third kappa shape index (κ3) is 4.95. The molecule has 2 aliphatic rings. The number of nitriles is 1. The molecule has 1 saturated carbocycles. The van der Waals surface area contributed by atoms with Gasteiger partial charge >= 0.3 is 0 Å². The predicted molar refractivity (Wildman–Crippen MR) is 136 cm³/mol. The fourth-order valence-electron chi connectivity index (χ4n) is 5.04. The maximum atomic E-state index is 14.0. The van der Waals surface area contributed by atoms with Crippen LogP contribution < -0.4 is 4.90 Å². The Hall–Kier alpha value is -3.95. The summed E-state index contributed by atoms with van der Waals surface area (Å²) in [5.41, 5.74) is -0.485. The molecule has 0 N–H and O–H groups in total. The van der Waals surface area contributed by atoms with Crippen molar-refractivity contribution in [3.8, 4) is 6.07 Å². The van der Waals surface area contributed by atoms with E-state index in [0.29, 0.717) is 6.07 Å². The second kappa shape index (κ2) is 10.7. The van der Waals surface area contributed by atoms with Crippen LogP contribution in [0.2, 0.25) is 0 Å². The fourth-order valence-corrected chi connectivity index (χ4v) is 6.71. The number of aromatic nitrogens is 2. The van der Waals surface area contributed by atoms with Crippen LogP contribution in [0.3, 0.4) is 0 Å². The first-order valence-electron chi connectivity index (χ1n) is 12.6. The number of hydrogen-bond acceptors (Lipinski definition) is 6. The maximum Gasteiger partial charge on any atom is 0.285 e. The molecule has 1 aromatic heterocycles. The number of sulfonamides is 1. The number of anilines is 1. The predicted octanol–water partition coefficient (Wildman–Crippen LogP) is 4.17. The molecule has 2 fully saturated rings. The lowest BCUT2D eigenvalue weighted by atomic mass is 9.95. The summed E-state index contributed by atoms with van der Waals surface area (Å²) in [6.07, 6.45) is 8.57. The van der Waals surface area contributed by atoms with Gasteiger partial charge in [0, 0.05) is 18.8 Å². The Kier molecular flexibility index (Phi) is 7.29. The summed E-state index contributed by atoms with van der Waals surface area (Å²) in [6, 6.07) is 9.69. The van der Waals surface area contributed by atoms with Crippen LogP contribution in [-0.4, -0.2) is 46.7 Å². The molecule has 1 saturated heterocycles. The first-order chi connectivity index (χ1) is 18.7. The molecule has 1 aliphatic carbocycles. The van der Waals surface area contributed by atoms with Gasteiger partial charge in [-0.1, -0.05) is 37.5 Å². The summed E-state index contributed by atoms with van der Waals surface area (Å²) in [4.78, 5) is 31.9. The molecule has 2 aromatic carbocycles. The minimum atomic E-state index is -4.49. The molecule has 0 spiro atoms. The van der Waals surface area contributed by atoms with E-state index in [9.17, 15) is 26.8 Å². The van der Waals surface area contributed by atoms with Crippen molar-refractivity contribution in [1.82, 2.24) is 13.9 Å². The molecule has 1 aliphatic heterocycles. The topological polar surface area (TPSA) is 116 Å². The number of imide groups is 1. The number of para-hydroxylation sites is 1. The van der Waals surface area contributed by atoms with Gasteiger partial charge in [0.25, 0.3) is 11.8 Å². The molecule has 2 amide bonds. The van der Waals surface area contributed by atoms with Crippen LogP contribution in [0.25, 0.3) is 0 Å². The van der Waals surface area contributed by atoms with Gasteiger partial charge < -0.3 is 4.57 Å². The van der Waals surface area contributed by atoms with Crippen molar-refractivity contribution in [2.75, 3.05) is 11.4 Å². The number of imidazole rings is 1. The first-order valence-corrected chi connectivity index (χ1v) is 14.0. The van der Waals surface area contributed by atoms with E-state index in [1.807, 2.05) is 4.57 Å².